The summed E-state index contributed by atoms with van der Waals surface area (Å²) < 4.78 is 5.43. The van der Waals surface area contributed by atoms with Gasteiger partial charge in [0, 0.05) is 24.0 Å². The first-order valence-electron chi connectivity index (χ1n) is 6.01. The molecule has 0 aliphatic carbocycles. The Morgan fingerprint density at radius 3 is 2.70 bits per heavy atom. The highest BCUT2D eigenvalue weighted by atomic mass is 16.5. The Bertz CT molecular complexity index is 733. The number of hydrogen-bond acceptors (Lipinski definition) is 5. The number of ether oxygens (including phenoxy) is 1. The summed E-state index contributed by atoms with van der Waals surface area (Å²) in [4.78, 5) is 3.98. The number of pyridine rings is 1. The smallest absolute Gasteiger partial charge is 0.205 e. The number of hydrogen-bond donors (Lipinski definition) is 2. The van der Waals surface area contributed by atoms with Crippen LogP contribution in [0.1, 0.15) is 17.0 Å². The van der Waals surface area contributed by atoms with E-state index in [-0.39, 0.29) is 17.6 Å². The molecule has 5 heteroatoms. The van der Waals surface area contributed by atoms with E-state index in [2.05, 4.69) is 11.1 Å². The van der Waals surface area contributed by atoms with Gasteiger partial charge >= 0.3 is 0 Å². The van der Waals surface area contributed by atoms with Crippen LogP contribution in [0.5, 0.6) is 11.5 Å². The van der Waals surface area contributed by atoms with Crippen molar-refractivity contribution in [3.8, 4) is 17.6 Å². The molecule has 2 aromatic rings. The van der Waals surface area contributed by atoms with Crippen LogP contribution in [0.3, 0.4) is 0 Å². The van der Waals surface area contributed by atoms with E-state index in [1.807, 2.05) is 12.1 Å². The summed E-state index contributed by atoms with van der Waals surface area (Å²) in [5.74, 6) is 0.300. The van der Waals surface area contributed by atoms with Gasteiger partial charge in [0.25, 0.3) is 0 Å². The molecule has 3 N–H and O–H groups in total. The van der Waals surface area contributed by atoms with Gasteiger partial charge in [-0.25, -0.2) is 0 Å². The van der Waals surface area contributed by atoms with Crippen molar-refractivity contribution in [2.45, 2.75) is 5.92 Å². The van der Waals surface area contributed by atoms with E-state index in [1.165, 1.54) is 6.07 Å². The number of nitriles is 1. The molecule has 1 aliphatic heterocycles. The fourth-order valence-electron chi connectivity index (χ4n) is 2.34. The summed E-state index contributed by atoms with van der Waals surface area (Å²) in [6.45, 7) is 0. The van der Waals surface area contributed by atoms with Gasteiger partial charge in [0.15, 0.2) is 0 Å². The average molecular weight is 265 g/mol. The minimum absolute atomic E-state index is 0.0624. The molecule has 98 valence electrons. The van der Waals surface area contributed by atoms with Crippen molar-refractivity contribution in [1.82, 2.24) is 4.98 Å². The lowest BCUT2D eigenvalue weighted by Crippen LogP contribution is -2.20. The van der Waals surface area contributed by atoms with E-state index in [0.29, 0.717) is 11.3 Å². The maximum absolute atomic E-state index is 9.54. The number of aromatic hydroxyl groups is 1. The Hall–Kier alpha value is -3.00. The fraction of sp³-hybridized carbons (Fsp3) is 0.0667. The number of allylic oxidation sites excluding steroid dienone is 1. The summed E-state index contributed by atoms with van der Waals surface area (Å²) >= 11 is 0. The Balaban J connectivity index is 2.23. The maximum Gasteiger partial charge on any atom is 0.205 e. The molecule has 0 saturated heterocycles. The standard InChI is InChI=1S/C15H11N3O2/c16-8-12-14(9-3-5-18-6-4-9)11-2-1-10(19)7-13(11)20-15(12)17/h1-7,14,19H,17H2/t14-/m0/s1. The third-order valence-corrected chi connectivity index (χ3v) is 3.24. The first kappa shape index (κ1) is 12.1. The van der Waals surface area contributed by atoms with E-state index >= 15 is 0 Å². The number of nitrogens with zero attached hydrogens (tertiary/aromatic N) is 2. The van der Waals surface area contributed by atoms with Gasteiger partial charge in [-0.3, -0.25) is 4.98 Å². The monoisotopic (exact) mass is 265 g/mol. The number of benzene rings is 1. The van der Waals surface area contributed by atoms with Crippen LogP contribution in [0.2, 0.25) is 0 Å². The maximum atomic E-state index is 9.54. The van der Waals surface area contributed by atoms with Crippen LogP contribution >= 0.6 is 0 Å². The summed E-state index contributed by atoms with van der Waals surface area (Å²) in [5, 5.41) is 18.9. The van der Waals surface area contributed by atoms with Crippen LogP contribution in [0, 0.1) is 11.3 Å². The number of fused-ring (bicyclic) bond motifs is 1. The molecular formula is C15H11N3O2. The van der Waals surface area contributed by atoms with Crippen LogP contribution in [0.15, 0.2) is 54.2 Å². The van der Waals surface area contributed by atoms with E-state index in [4.69, 9.17) is 10.5 Å². The van der Waals surface area contributed by atoms with Crippen LogP contribution in [-0.4, -0.2) is 10.1 Å². The second kappa shape index (κ2) is 4.59. The number of aromatic nitrogens is 1. The van der Waals surface area contributed by atoms with Crippen molar-refractivity contribution in [3.63, 3.8) is 0 Å². The third kappa shape index (κ3) is 1.84. The Morgan fingerprint density at radius 1 is 1.25 bits per heavy atom. The van der Waals surface area contributed by atoms with Crippen molar-refractivity contribution < 1.29 is 9.84 Å². The van der Waals surface area contributed by atoms with Crippen LogP contribution < -0.4 is 10.5 Å². The molecule has 2 heterocycles. The highest BCUT2D eigenvalue weighted by molar-refractivity contribution is 5.56. The Kier molecular flexibility index (Phi) is 2.77. The molecule has 0 bridgehead atoms. The van der Waals surface area contributed by atoms with Gasteiger partial charge in [-0.2, -0.15) is 5.26 Å². The van der Waals surface area contributed by atoms with Crippen LogP contribution in [0.4, 0.5) is 0 Å². The van der Waals surface area contributed by atoms with E-state index in [0.717, 1.165) is 11.1 Å². The Labute approximate surface area is 115 Å². The third-order valence-electron chi connectivity index (χ3n) is 3.24. The predicted molar refractivity (Wildman–Crippen MR) is 71.6 cm³/mol. The van der Waals surface area contributed by atoms with Crippen molar-refractivity contribution in [2.24, 2.45) is 5.73 Å². The summed E-state index contributed by atoms with van der Waals surface area (Å²) in [5.41, 5.74) is 7.87. The van der Waals surface area contributed by atoms with Gasteiger partial charge < -0.3 is 15.6 Å². The zero-order valence-electron chi connectivity index (χ0n) is 10.4. The largest absolute Gasteiger partial charge is 0.508 e. The van der Waals surface area contributed by atoms with Crippen LogP contribution in [0.25, 0.3) is 0 Å². The normalized spacial score (nSPS) is 17.1. The van der Waals surface area contributed by atoms with Crippen molar-refractivity contribution >= 4 is 0 Å². The molecule has 1 aromatic heterocycles. The quantitative estimate of drug-likeness (QED) is 0.822. The van der Waals surface area contributed by atoms with Gasteiger partial charge in [0.05, 0.1) is 5.92 Å². The highest BCUT2D eigenvalue weighted by Gasteiger charge is 2.30. The molecule has 0 fully saturated rings. The molecule has 3 rings (SSSR count). The first-order valence-corrected chi connectivity index (χ1v) is 6.01. The van der Waals surface area contributed by atoms with E-state index in [1.54, 1.807) is 24.5 Å². The van der Waals surface area contributed by atoms with E-state index < -0.39 is 0 Å². The highest BCUT2D eigenvalue weighted by Crippen LogP contribution is 2.42. The SMILES string of the molecule is N#CC1=C(N)Oc2cc(O)ccc2[C@@H]1c1ccncc1. The molecule has 20 heavy (non-hydrogen) atoms. The molecule has 5 nitrogen and oxygen atoms in total. The molecule has 0 amide bonds. The minimum atomic E-state index is -0.313. The van der Waals surface area contributed by atoms with Crippen molar-refractivity contribution in [1.29, 1.82) is 5.26 Å². The zero-order valence-corrected chi connectivity index (χ0v) is 10.4. The molecular weight excluding hydrogens is 254 g/mol. The van der Waals surface area contributed by atoms with Gasteiger partial charge in [-0.15, -0.1) is 0 Å². The van der Waals surface area contributed by atoms with Crippen molar-refractivity contribution in [3.05, 3.63) is 65.3 Å². The second-order valence-electron chi connectivity index (χ2n) is 4.43. The molecule has 0 unspecified atom stereocenters. The summed E-state index contributed by atoms with van der Waals surface area (Å²) in [6.07, 6.45) is 3.33. The second-order valence-corrected chi connectivity index (χ2v) is 4.43. The van der Waals surface area contributed by atoms with Crippen LogP contribution in [-0.2, 0) is 0 Å². The molecule has 1 atom stereocenters. The minimum Gasteiger partial charge on any atom is -0.508 e. The van der Waals surface area contributed by atoms with Crippen molar-refractivity contribution in [2.75, 3.05) is 0 Å². The fourth-order valence-corrected chi connectivity index (χ4v) is 2.34. The lowest BCUT2D eigenvalue weighted by Gasteiger charge is -2.26. The summed E-state index contributed by atoms with van der Waals surface area (Å²) in [7, 11) is 0. The summed E-state index contributed by atoms with van der Waals surface area (Å²) in [6, 6.07) is 10.6. The predicted octanol–water partition coefficient (Wildman–Crippen LogP) is 2.01. The number of rotatable bonds is 1. The number of phenolic OH excluding ortho intramolecular Hbond substituents is 1. The molecule has 1 aliphatic rings. The molecule has 0 saturated carbocycles. The molecule has 0 radical (unpaired) electrons. The van der Waals surface area contributed by atoms with E-state index in [9.17, 15) is 10.4 Å². The van der Waals surface area contributed by atoms with Gasteiger partial charge in [0.2, 0.25) is 5.88 Å². The zero-order chi connectivity index (χ0) is 14.1. The number of nitrogens with two attached hydrogens (primary N) is 1. The van der Waals surface area contributed by atoms with Gasteiger partial charge in [-0.05, 0) is 23.8 Å². The Morgan fingerprint density at radius 2 is 2.00 bits per heavy atom. The van der Waals surface area contributed by atoms with Gasteiger partial charge in [-0.1, -0.05) is 6.07 Å². The lowest BCUT2D eigenvalue weighted by molar-refractivity contribution is 0.388. The lowest BCUT2D eigenvalue weighted by atomic mass is 9.84. The number of phenols is 1. The molecule has 0 spiro atoms. The topological polar surface area (TPSA) is 92.2 Å². The first-order chi connectivity index (χ1) is 9.70. The average Bonchev–Trinajstić information content (AvgIpc) is 2.46. The molecule has 1 aromatic carbocycles. The van der Waals surface area contributed by atoms with Gasteiger partial charge in [0.1, 0.15) is 23.1 Å².